The van der Waals surface area contributed by atoms with E-state index in [1.165, 1.54) is 57.0 Å². The van der Waals surface area contributed by atoms with Crippen molar-refractivity contribution in [1.82, 2.24) is 0 Å². The third kappa shape index (κ3) is 3.65. The molecule has 0 radical (unpaired) electrons. The molecule has 0 aliphatic rings. The largest absolute Gasteiger partial charge is 0.135 e. The van der Waals surface area contributed by atoms with Crippen LogP contribution in [0.5, 0.6) is 0 Å². The summed E-state index contributed by atoms with van der Waals surface area (Å²) in [5.41, 5.74) is 4.46. The lowest BCUT2D eigenvalue weighted by Gasteiger charge is -2.26. The standard InChI is InChI=1S/C32H30S2/c1-31(2,3)21-11-14-25-24-13-10-20(16-29(24)34-30(25)18-21)19-32(4,5)22-12-15-28-26(17-22)23-8-6-7-9-27(23)33-28/h6-18H,19H2,1-5H3. The minimum absolute atomic E-state index is 0.0565. The Labute approximate surface area is 209 Å². The highest BCUT2D eigenvalue weighted by atomic mass is 32.1. The van der Waals surface area contributed by atoms with Gasteiger partial charge in [0.2, 0.25) is 0 Å². The van der Waals surface area contributed by atoms with Crippen LogP contribution in [0.15, 0.2) is 78.9 Å². The van der Waals surface area contributed by atoms with Gasteiger partial charge in [0, 0.05) is 40.3 Å². The summed E-state index contributed by atoms with van der Waals surface area (Å²) in [7, 11) is 0. The zero-order chi connectivity index (χ0) is 23.7. The van der Waals surface area contributed by atoms with E-state index in [2.05, 4.69) is 113 Å². The number of thiophene rings is 2. The lowest BCUT2D eigenvalue weighted by molar-refractivity contribution is 0.523. The molecule has 0 aliphatic heterocycles. The first-order valence-corrected chi connectivity index (χ1v) is 13.7. The monoisotopic (exact) mass is 478 g/mol. The molecule has 0 fully saturated rings. The molecule has 0 unspecified atom stereocenters. The number of hydrogen-bond donors (Lipinski definition) is 0. The van der Waals surface area contributed by atoms with Gasteiger partial charge in [-0.3, -0.25) is 0 Å². The van der Waals surface area contributed by atoms with Gasteiger partial charge in [-0.15, -0.1) is 22.7 Å². The van der Waals surface area contributed by atoms with E-state index < -0.39 is 0 Å². The van der Waals surface area contributed by atoms with Crippen LogP contribution in [-0.2, 0) is 17.3 Å². The van der Waals surface area contributed by atoms with E-state index in [4.69, 9.17) is 0 Å². The van der Waals surface area contributed by atoms with Crippen LogP contribution < -0.4 is 0 Å². The van der Waals surface area contributed by atoms with Crippen LogP contribution in [0.25, 0.3) is 40.3 Å². The summed E-state index contributed by atoms with van der Waals surface area (Å²) >= 11 is 3.83. The molecular weight excluding hydrogens is 448 g/mol. The summed E-state index contributed by atoms with van der Waals surface area (Å²) in [4.78, 5) is 0. The molecule has 0 N–H and O–H groups in total. The maximum absolute atomic E-state index is 2.43. The average molecular weight is 479 g/mol. The fourth-order valence-electron chi connectivity index (χ4n) is 5.16. The number of hydrogen-bond acceptors (Lipinski definition) is 2. The van der Waals surface area contributed by atoms with Crippen molar-refractivity contribution in [2.75, 3.05) is 0 Å². The SMILES string of the molecule is CC(C)(C)c1ccc2c(c1)sc1cc(CC(C)(C)c3ccc4sc5ccccc5c4c3)ccc12. The van der Waals surface area contributed by atoms with Gasteiger partial charge in [0.05, 0.1) is 0 Å². The molecule has 4 aromatic carbocycles. The fraction of sp³-hybridized carbons (Fsp3) is 0.250. The predicted molar refractivity (Wildman–Crippen MR) is 154 cm³/mol. The Balaban J connectivity index is 1.37. The molecule has 0 nitrogen and oxygen atoms in total. The molecule has 0 amide bonds. The summed E-state index contributed by atoms with van der Waals surface area (Å²) < 4.78 is 5.54. The van der Waals surface area contributed by atoms with Crippen molar-refractivity contribution in [3.63, 3.8) is 0 Å². The highest BCUT2D eigenvalue weighted by Gasteiger charge is 2.23. The second kappa shape index (κ2) is 7.66. The number of fused-ring (bicyclic) bond motifs is 6. The van der Waals surface area contributed by atoms with Gasteiger partial charge in [-0.2, -0.15) is 0 Å². The Morgan fingerprint density at radius 2 is 1.15 bits per heavy atom. The van der Waals surface area contributed by atoms with Gasteiger partial charge in [-0.1, -0.05) is 83.1 Å². The van der Waals surface area contributed by atoms with E-state index in [1.807, 2.05) is 22.7 Å². The third-order valence-corrected chi connectivity index (χ3v) is 9.48. The Kier molecular flexibility index (Phi) is 4.92. The summed E-state index contributed by atoms with van der Waals surface area (Å²) in [6.07, 6.45) is 1.03. The summed E-state index contributed by atoms with van der Waals surface area (Å²) in [5.74, 6) is 0. The van der Waals surface area contributed by atoms with Crippen molar-refractivity contribution >= 4 is 63.0 Å². The van der Waals surface area contributed by atoms with Crippen LogP contribution in [0.4, 0.5) is 0 Å². The van der Waals surface area contributed by atoms with E-state index in [9.17, 15) is 0 Å². The lowest BCUT2D eigenvalue weighted by atomic mass is 9.79. The maximum atomic E-state index is 2.43. The van der Waals surface area contributed by atoms with Crippen LogP contribution in [-0.4, -0.2) is 0 Å². The Hall–Kier alpha value is -2.68. The van der Waals surface area contributed by atoms with Gasteiger partial charge in [0.25, 0.3) is 0 Å². The highest BCUT2D eigenvalue weighted by molar-refractivity contribution is 7.26. The van der Waals surface area contributed by atoms with Crippen molar-refractivity contribution in [1.29, 1.82) is 0 Å². The minimum atomic E-state index is 0.0565. The first-order chi connectivity index (χ1) is 16.2. The van der Waals surface area contributed by atoms with E-state index >= 15 is 0 Å². The van der Waals surface area contributed by atoms with E-state index in [0.717, 1.165) is 6.42 Å². The predicted octanol–water partition coefficient (Wildman–Crippen LogP) is 10.2. The minimum Gasteiger partial charge on any atom is -0.135 e. The lowest BCUT2D eigenvalue weighted by Crippen LogP contribution is -2.20. The van der Waals surface area contributed by atoms with Crippen molar-refractivity contribution in [3.8, 4) is 0 Å². The number of benzene rings is 4. The summed E-state index contributed by atoms with van der Waals surface area (Å²) in [5, 5.41) is 5.53. The van der Waals surface area contributed by atoms with Crippen molar-refractivity contribution in [2.24, 2.45) is 0 Å². The number of rotatable bonds is 3. The van der Waals surface area contributed by atoms with Crippen LogP contribution in [0.1, 0.15) is 51.3 Å². The Morgan fingerprint density at radius 3 is 1.94 bits per heavy atom. The van der Waals surface area contributed by atoms with Crippen molar-refractivity contribution in [2.45, 2.75) is 51.9 Å². The molecule has 2 aromatic heterocycles. The topological polar surface area (TPSA) is 0 Å². The third-order valence-electron chi connectivity index (χ3n) is 7.21. The van der Waals surface area contributed by atoms with Crippen LogP contribution in [0, 0.1) is 0 Å². The fourth-order valence-corrected chi connectivity index (χ4v) is 7.45. The zero-order valence-electron chi connectivity index (χ0n) is 20.5. The molecule has 0 saturated carbocycles. The molecule has 6 aromatic rings. The van der Waals surface area contributed by atoms with Gasteiger partial charge in [-0.05, 0) is 64.3 Å². The summed E-state index contributed by atoms with van der Waals surface area (Å²) in [6, 6.07) is 30.0. The molecular formula is C32H30S2. The van der Waals surface area contributed by atoms with Crippen molar-refractivity contribution < 1.29 is 0 Å². The Bertz CT molecular complexity index is 1690. The average Bonchev–Trinajstić information content (AvgIpc) is 3.34. The Morgan fingerprint density at radius 1 is 0.529 bits per heavy atom. The normalized spacial score (nSPS) is 13.0. The second-order valence-corrected chi connectivity index (χ2v) is 13.4. The molecule has 6 rings (SSSR count). The second-order valence-electron chi connectivity index (χ2n) is 11.3. The molecule has 0 atom stereocenters. The first kappa shape index (κ1) is 21.8. The van der Waals surface area contributed by atoms with Crippen molar-refractivity contribution in [3.05, 3.63) is 95.6 Å². The molecule has 2 heteroatoms. The molecule has 170 valence electrons. The van der Waals surface area contributed by atoms with Gasteiger partial charge >= 0.3 is 0 Å². The molecule has 0 spiro atoms. The first-order valence-electron chi connectivity index (χ1n) is 12.1. The highest BCUT2D eigenvalue weighted by Crippen LogP contribution is 2.40. The summed E-state index contributed by atoms with van der Waals surface area (Å²) in [6.45, 7) is 11.6. The van der Waals surface area contributed by atoms with Gasteiger partial charge < -0.3 is 0 Å². The maximum Gasteiger partial charge on any atom is 0.0358 e. The van der Waals surface area contributed by atoms with E-state index in [1.54, 1.807) is 0 Å². The van der Waals surface area contributed by atoms with Gasteiger partial charge in [0.1, 0.15) is 0 Å². The smallest absolute Gasteiger partial charge is 0.0358 e. The van der Waals surface area contributed by atoms with E-state index in [-0.39, 0.29) is 10.8 Å². The molecule has 34 heavy (non-hydrogen) atoms. The van der Waals surface area contributed by atoms with Gasteiger partial charge in [0.15, 0.2) is 0 Å². The molecule has 0 saturated heterocycles. The molecule has 2 heterocycles. The zero-order valence-corrected chi connectivity index (χ0v) is 22.2. The van der Waals surface area contributed by atoms with Crippen LogP contribution in [0.3, 0.4) is 0 Å². The van der Waals surface area contributed by atoms with Gasteiger partial charge in [-0.25, -0.2) is 0 Å². The van der Waals surface area contributed by atoms with Crippen LogP contribution in [0.2, 0.25) is 0 Å². The quantitative estimate of drug-likeness (QED) is 0.237. The van der Waals surface area contributed by atoms with E-state index in [0.29, 0.717) is 0 Å². The van der Waals surface area contributed by atoms with Crippen LogP contribution >= 0.6 is 22.7 Å². The molecule has 0 aliphatic carbocycles. The molecule has 0 bridgehead atoms.